The fraction of sp³-hybridized carbons (Fsp3) is 0.579. The van der Waals surface area contributed by atoms with Crippen LogP contribution >= 0.6 is 0 Å². The first-order chi connectivity index (χ1) is 11.5. The second-order valence-electron chi connectivity index (χ2n) is 7.05. The first-order valence-electron chi connectivity index (χ1n) is 8.86. The number of amides is 2. The van der Waals surface area contributed by atoms with Gasteiger partial charge in [-0.2, -0.15) is 0 Å². The van der Waals surface area contributed by atoms with Gasteiger partial charge in [0.25, 0.3) is 0 Å². The summed E-state index contributed by atoms with van der Waals surface area (Å²) in [5.41, 5.74) is 6.60. The van der Waals surface area contributed by atoms with E-state index in [1.165, 1.54) is 0 Å². The van der Waals surface area contributed by atoms with Crippen LogP contribution in [0.4, 0.5) is 0 Å². The van der Waals surface area contributed by atoms with Crippen LogP contribution in [-0.4, -0.2) is 24.4 Å². The Morgan fingerprint density at radius 3 is 2.54 bits per heavy atom. The van der Waals surface area contributed by atoms with E-state index in [4.69, 9.17) is 5.73 Å². The average molecular weight is 331 g/mol. The topological polar surface area (TPSA) is 84.2 Å². The molecule has 0 radical (unpaired) electrons. The zero-order valence-corrected chi connectivity index (χ0v) is 14.6. The van der Waals surface area contributed by atoms with Crippen LogP contribution in [0.15, 0.2) is 30.3 Å². The molecule has 1 aromatic rings. The summed E-state index contributed by atoms with van der Waals surface area (Å²) in [4.78, 5) is 25.0. The van der Waals surface area contributed by atoms with Gasteiger partial charge < -0.3 is 16.4 Å². The molecule has 0 aliphatic heterocycles. The lowest BCUT2D eigenvalue weighted by atomic mass is 10.0. The number of nitrogens with two attached hydrogens (primary N) is 1. The minimum Gasteiger partial charge on any atom is -0.351 e. The Kier molecular flexibility index (Phi) is 6.79. The van der Waals surface area contributed by atoms with Crippen LogP contribution < -0.4 is 16.4 Å². The summed E-state index contributed by atoms with van der Waals surface area (Å²) < 4.78 is 0. The van der Waals surface area contributed by atoms with Gasteiger partial charge in [-0.25, -0.2) is 0 Å². The van der Waals surface area contributed by atoms with Crippen LogP contribution in [0.2, 0.25) is 0 Å². The molecule has 0 spiro atoms. The molecule has 2 rings (SSSR count). The van der Waals surface area contributed by atoms with E-state index in [2.05, 4.69) is 10.6 Å². The minimum absolute atomic E-state index is 0.101. The summed E-state index contributed by atoms with van der Waals surface area (Å²) in [7, 11) is 0. The molecular formula is C19H29N3O2. The lowest BCUT2D eigenvalue weighted by Crippen LogP contribution is -2.46. The monoisotopic (exact) mass is 331 g/mol. The highest BCUT2D eigenvalue weighted by Crippen LogP contribution is 2.25. The number of carbonyl (C=O) groups excluding carboxylic acids is 2. The Labute approximate surface area is 144 Å². The quantitative estimate of drug-likeness (QED) is 0.715. The molecule has 0 bridgehead atoms. The van der Waals surface area contributed by atoms with Crippen LogP contribution in [0.5, 0.6) is 0 Å². The first-order valence-corrected chi connectivity index (χ1v) is 8.86. The van der Waals surface area contributed by atoms with Crippen molar-refractivity contribution in [2.75, 3.05) is 6.54 Å². The Morgan fingerprint density at radius 1 is 1.21 bits per heavy atom. The van der Waals surface area contributed by atoms with Crippen molar-refractivity contribution in [2.45, 2.75) is 51.6 Å². The average Bonchev–Trinajstić information content (AvgIpc) is 2.99. The molecule has 0 saturated heterocycles. The van der Waals surface area contributed by atoms with E-state index < -0.39 is 6.04 Å². The van der Waals surface area contributed by atoms with E-state index in [0.717, 1.165) is 24.8 Å². The smallest absolute Gasteiger partial charge is 0.247 e. The molecule has 3 atom stereocenters. The molecule has 4 N–H and O–H groups in total. The summed E-state index contributed by atoms with van der Waals surface area (Å²) in [5.74, 6) is 0.331. The molecule has 5 nitrogen and oxygen atoms in total. The first kappa shape index (κ1) is 18.5. The molecule has 1 aromatic carbocycles. The number of rotatable bonds is 7. The van der Waals surface area contributed by atoms with Gasteiger partial charge in [-0.15, -0.1) is 0 Å². The van der Waals surface area contributed by atoms with Crippen molar-refractivity contribution in [2.24, 2.45) is 17.6 Å². The summed E-state index contributed by atoms with van der Waals surface area (Å²) in [6.45, 7) is 4.56. The molecule has 0 aromatic heterocycles. The third-order valence-corrected chi connectivity index (χ3v) is 4.58. The van der Waals surface area contributed by atoms with Crippen molar-refractivity contribution >= 4 is 11.8 Å². The lowest BCUT2D eigenvalue weighted by Gasteiger charge is -2.24. The summed E-state index contributed by atoms with van der Waals surface area (Å²) in [5, 5.41) is 5.99. The van der Waals surface area contributed by atoms with Gasteiger partial charge in [0.2, 0.25) is 11.8 Å². The molecule has 5 heteroatoms. The van der Waals surface area contributed by atoms with Crippen LogP contribution in [0, 0.1) is 11.8 Å². The Hall–Kier alpha value is -1.88. The van der Waals surface area contributed by atoms with Crippen molar-refractivity contribution < 1.29 is 9.59 Å². The molecule has 132 valence electrons. The number of benzene rings is 1. The Bertz CT molecular complexity index is 545. The van der Waals surface area contributed by atoms with Gasteiger partial charge in [-0.1, -0.05) is 50.6 Å². The summed E-state index contributed by atoms with van der Waals surface area (Å²) in [6.07, 6.45) is 3.50. The number of nitrogens with one attached hydrogen (secondary N) is 2. The van der Waals surface area contributed by atoms with Gasteiger partial charge in [0.05, 0.1) is 0 Å². The van der Waals surface area contributed by atoms with E-state index >= 15 is 0 Å². The second kappa shape index (κ2) is 8.83. The second-order valence-corrected chi connectivity index (χ2v) is 7.05. The largest absolute Gasteiger partial charge is 0.351 e. The van der Waals surface area contributed by atoms with E-state index in [-0.39, 0.29) is 23.8 Å². The molecule has 1 saturated carbocycles. The van der Waals surface area contributed by atoms with Crippen LogP contribution in [0.3, 0.4) is 0 Å². The van der Waals surface area contributed by atoms with Crippen molar-refractivity contribution in [3.05, 3.63) is 35.9 Å². The minimum atomic E-state index is -0.656. The fourth-order valence-electron chi connectivity index (χ4n) is 3.31. The van der Waals surface area contributed by atoms with Gasteiger partial charge in [0.15, 0.2) is 0 Å². The van der Waals surface area contributed by atoms with E-state index in [1.807, 2.05) is 44.2 Å². The molecule has 2 amide bonds. The van der Waals surface area contributed by atoms with Gasteiger partial charge >= 0.3 is 0 Å². The molecule has 3 unspecified atom stereocenters. The Balaban J connectivity index is 2.09. The molecule has 24 heavy (non-hydrogen) atoms. The van der Waals surface area contributed by atoms with Crippen molar-refractivity contribution in [1.82, 2.24) is 10.6 Å². The summed E-state index contributed by atoms with van der Waals surface area (Å²) in [6, 6.07) is 8.84. The van der Waals surface area contributed by atoms with E-state index in [1.54, 1.807) is 0 Å². The highest BCUT2D eigenvalue weighted by atomic mass is 16.2. The normalized spacial score (nSPS) is 21.5. The number of hydrogen-bond donors (Lipinski definition) is 3. The molecule has 1 aliphatic rings. The maximum absolute atomic E-state index is 12.8. The van der Waals surface area contributed by atoms with Gasteiger partial charge in [-0.3, -0.25) is 9.59 Å². The van der Waals surface area contributed by atoms with Gasteiger partial charge in [0.1, 0.15) is 6.04 Å². The zero-order valence-electron chi connectivity index (χ0n) is 14.6. The highest BCUT2D eigenvalue weighted by molar-refractivity contribution is 5.88. The van der Waals surface area contributed by atoms with Crippen molar-refractivity contribution in [1.29, 1.82) is 0 Å². The Morgan fingerprint density at radius 2 is 1.92 bits per heavy atom. The standard InChI is InChI=1S/C19H29N3O2/c1-13(2)11-17(23)22-18(14-7-4-3-5-8-14)19(24)21-16-10-6-9-15(16)12-20/h3-5,7-8,13,15-16,18H,6,9-12,20H2,1-2H3,(H,21,24)(H,22,23). The predicted octanol–water partition coefficient (Wildman–Crippen LogP) is 2.13. The van der Waals surface area contributed by atoms with E-state index in [9.17, 15) is 9.59 Å². The van der Waals surface area contributed by atoms with Crippen LogP contribution in [-0.2, 0) is 9.59 Å². The SMILES string of the molecule is CC(C)CC(=O)NC(C(=O)NC1CCCC1CN)c1ccccc1. The fourth-order valence-corrected chi connectivity index (χ4v) is 3.31. The highest BCUT2D eigenvalue weighted by Gasteiger charge is 2.31. The summed E-state index contributed by atoms with van der Waals surface area (Å²) >= 11 is 0. The third-order valence-electron chi connectivity index (χ3n) is 4.58. The maximum atomic E-state index is 12.8. The van der Waals surface area contributed by atoms with Crippen LogP contribution in [0.25, 0.3) is 0 Å². The molecular weight excluding hydrogens is 302 g/mol. The molecule has 0 heterocycles. The van der Waals surface area contributed by atoms with E-state index in [0.29, 0.717) is 18.9 Å². The lowest BCUT2D eigenvalue weighted by molar-refractivity contribution is -0.130. The zero-order chi connectivity index (χ0) is 17.5. The third kappa shape index (κ3) is 5.06. The molecule has 1 fully saturated rings. The van der Waals surface area contributed by atoms with Crippen molar-refractivity contribution in [3.63, 3.8) is 0 Å². The van der Waals surface area contributed by atoms with Gasteiger partial charge in [-0.05, 0) is 36.8 Å². The van der Waals surface area contributed by atoms with Crippen LogP contribution in [0.1, 0.15) is 51.1 Å². The van der Waals surface area contributed by atoms with Crippen molar-refractivity contribution in [3.8, 4) is 0 Å². The molecule has 1 aliphatic carbocycles. The predicted molar refractivity (Wildman–Crippen MR) is 95.1 cm³/mol. The number of carbonyl (C=O) groups is 2. The van der Waals surface area contributed by atoms with Gasteiger partial charge in [0, 0.05) is 12.5 Å². The maximum Gasteiger partial charge on any atom is 0.247 e. The number of hydrogen-bond acceptors (Lipinski definition) is 3.